The third-order valence-electron chi connectivity index (χ3n) is 2.86. The maximum Gasteiger partial charge on any atom is 0.347 e. The number of carboxylic acids is 1. The third-order valence-corrected chi connectivity index (χ3v) is 2.86. The lowest BCUT2D eigenvalue weighted by molar-refractivity contribution is -0.154. The van der Waals surface area contributed by atoms with Crippen LogP contribution in [0.5, 0.6) is 5.75 Å². The molecule has 3 nitrogen and oxygen atoms in total. The normalized spacial score (nSPS) is 14.1. The van der Waals surface area contributed by atoms with Crippen molar-refractivity contribution in [3.63, 3.8) is 0 Å². The largest absolute Gasteiger partial charge is 0.478 e. The molecule has 0 saturated carbocycles. The molecular weight excluding hydrogens is 216 g/mol. The maximum absolute atomic E-state index is 11.3. The number of hydrogen-bond acceptors (Lipinski definition) is 2. The van der Waals surface area contributed by atoms with Crippen molar-refractivity contribution in [3.05, 3.63) is 29.3 Å². The molecule has 0 heterocycles. The van der Waals surface area contributed by atoms with Crippen LogP contribution in [0.4, 0.5) is 0 Å². The van der Waals surface area contributed by atoms with Crippen LogP contribution < -0.4 is 4.74 Å². The number of rotatable bonds is 5. The van der Waals surface area contributed by atoms with Gasteiger partial charge in [-0.25, -0.2) is 4.79 Å². The molecule has 0 aliphatic heterocycles. The zero-order valence-electron chi connectivity index (χ0n) is 10.9. The molecule has 0 aliphatic carbocycles. The lowest BCUT2D eigenvalue weighted by atomic mass is 10.00. The van der Waals surface area contributed by atoms with E-state index in [1.165, 1.54) is 0 Å². The van der Waals surface area contributed by atoms with E-state index in [4.69, 9.17) is 4.74 Å². The fourth-order valence-electron chi connectivity index (χ4n) is 1.74. The molecule has 0 aromatic heterocycles. The molecule has 0 saturated heterocycles. The highest BCUT2D eigenvalue weighted by Gasteiger charge is 2.34. The first-order valence-electron chi connectivity index (χ1n) is 5.88. The van der Waals surface area contributed by atoms with E-state index in [1.54, 1.807) is 6.92 Å². The number of carboxylic acid groups (broad SMARTS) is 1. The van der Waals surface area contributed by atoms with Gasteiger partial charge in [-0.2, -0.15) is 0 Å². The minimum atomic E-state index is -1.15. The van der Waals surface area contributed by atoms with Crippen LogP contribution in [0, 0.1) is 13.8 Å². The Morgan fingerprint density at radius 2 is 2.06 bits per heavy atom. The van der Waals surface area contributed by atoms with Crippen LogP contribution >= 0.6 is 0 Å². The molecule has 0 aliphatic rings. The van der Waals surface area contributed by atoms with E-state index in [0.717, 1.165) is 17.5 Å². The number of carbonyl (C=O) groups is 1. The molecule has 1 unspecified atom stereocenters. The summed E-state index contributed by atoms with van der Waals surface area (Å²) in [5, 5.41) is 9.26. The summed E-state index contributed by atoms with van der Waals surface area (Å²) in [4.78, 5) is 11.3. The number of ether oxygens (including phenoxy) is 1. The first kappa shape index (κ1) is 13.6. The summed E-state index contributed by atoms with van der Waals surface area (Å²) in [7, 11) is 0. The average Bonchev–Trinajstić information content (AvgIpc) is 2.23. The van der Waals surface area contributed by atoms with E-state index in [0.29, 0.717) is 12.2 Å². The van der Waals surface area contributed by atoms with Crippen molar-refractivity contribution in [2.75, 3.05) is 0 Å². The molecule has 94 valence electrons. The summed E-state index contributed by atoms with van der Waals surface area (Å²) in [5.41, 5.74) is 0.877. The van der Waals surface area contributed by atoms with Crippen molar-refractivity contribution in [2.45, 2.75) is 46.1 Å². The molecule has 0 radical (unpaired) electrons. The summed E-state index contributed by atoms with van der Waals surface area (Å²) in [6.07, 6.45) is 1.27. The van der Waals surface area contributed by atoms with Gasteiger partial charge in [0.15, 0.2) is 0 Å². The van der Waals surface area contributed by atoms with Crippen LogP contribution in [0.25, 0.3) is 0 Å². The Morgan fingerprint density at radius 3 is 2.59 bits per heavy atom. The Kier molecular flexibility index (Phi) is 4.16. The molecule has 1 rings (SSSR count). The SMILES string of the molecule is CCCC(C)(Oc1cc(C)ccc1C)C(=O)O. The Balaban J connectivity index is 3.01. The van der Waals surface area contributed by atoms with Crippen molar-refractivity contribution in [1.82, 2.24) is 0 Å². The monoisotopic (exact) mass is 236 g/mol. The predicted molar refractivity (Wildman–Crippen MR) is 67.5 cm³/mol. The molecule has 1 aromatic rings. The highest BCUT2D eigenvalue weighted by molar-refractivity contribution is 5.77. The van der Waals surface area contributed by atoms with Crippen LogP contribution in [-0.2, 0) is 4.79 Å². The van der Waals surface area contributed by atoms with Gasteiger partial charge < -0.3 is 9.84 Å². The molecule has 3 heteroatoms. The van der Waals surface area contributed by atoms with E-state index < -0.39 is 11.6 Å². The topological polar surface area (TPSA) is 46.5 Å². The van der Waals surface area contributed by atoms with Gasteiger partial charge in [-0.15, -0.1) is 0 Å². The van der Waals surface area contributed by atoms with E-state index in [-0.39, 0.29) is 0 Å². The molecule has 1 N–H and O–H groups in total. The highest BCUT2D eigenvalue weighted by Crippen LogP contribution is 2.27. The number of hydrogen-bond donors (Lipinski definition) is 1. The van der Waals surface area contributed by atoms with Gasteiger partial charge in [0, 0.05) is 0 Å². The van der Waals surface area contributed by atoms with E-state index in [1.807, 2.05) is 39.0 Å². The van der Waals surface area contributed by atoms with Gasteiger partial charge >= 0.3 is 5.97 Å². The summed E-state index contributed by atoms with van der Waals surface area (Å²) < 4.78 is 5.72. The van der Waals surface area contributed by atoms with E-state index in [2.05, 4.69) is 0 Å². The van der Waals surface area contributed by atoms with Crippen LogP contribution in [-0.4, -0.2) is 16.7 Å². The van der Waals surface area contributed by atoms with Gasteiger partial charge in [0.25, 0.3) is 0 Å². The lowest BCUT2D eigenvalue weighted by Crippen LogP contribution is -2.41. The van der Waals surface area contributed by atoms with E-state index in [9.17, 15) is 9.90 Å². The first-order chi connectivity index (χ1) is 7.89. The Hall–Kier alpha value is -1.51. The summed E-state index contributed by atoms with van der Waals surface area (Å²) >= 11 is 0. The minimum absolute atomic E-state index is 0.496. The second kappa shape index (κ2) is 5.21. The maximum atomic E-state index is 11.3. The molecule has 0 fully saturated rings. The van der Waals surface area contributed by atoms with Gasteiger partial charge in [0.1, 0.15) is 5.75 Å². The van der Waals surface area contributed by atoms with Gasteiger partial charge in [-0.3, -0.25) is 0 Å². The van der Waals surface area contributed by atoms with Crippen molar-refractivity contribution in [1.29, 1.82) is 0 Å². The van der Waals surface area contributed by atoms with Gasteiger partial charge in [0.2, 0.25) is 5.60 Å². The van der Waals surface area contributed by atoms with Gasteiger partial charge in [-0.05, 0) is 44.4 Å². The molecule has 1 atom stereocenters. The second-order valence-electron chi connectivity index (χ2n) is 4.66. The highest BCUT2D eigenvalue weighted by atomic mass is 16.5. The van der Waals surface area contributed by atoms with Crippen LogP contribution in [0.3, 0.4) is 0 Å². The fraction of sp³-hybridized carbons (Fsp3) is 0.500. The zero-order chi connectivity index (χ0) is 13.1. The molecule has 1 aromatic carbocycles. The van der Waals surface area contributed by atoms with Gasteiger partial charge in [0.05, 0.1) is 0 Å². The Labute approximate surface area is 102 Å². The van der Waals surface area contributed by atoms with Crippen molar-refractivity contribution >= 4 is 5.97 Å². The lowest BCUT2D eigenvalue weighted by Gasteiger charge is -2.27. The molecule has 0 amide bonds. The van der Waals surface area contributed by atoms with Crippen molar-refractivity contribution < 1.29 is 14.6 Å². The van der Waals surface area contributed by atoms with Crippen molar-refractivity contribution in [2.24, 2.45) is 0 Å². The molecule has 0 bridgehead atoms. The first-order valence-corrected chi connectivity index (χ1v) is 5.88. The molecule has 17 heavy (non-hydrogen) atoms. The van der Waals surface area contributed by atoms with Crippen molar-refractivity contribution in [3.8, 4) is 5.75 Å². The standard InChI is InChI=1S/C14H20O3/c1-5-8-14(4,13(15)16)17-12-9-10(2)6-7-11(12)3/h6-7,9H,5,8H2,1-4H3,(H,15,16). The summed E-state index contributed by atoms with van der Waals surface area (Å²) in [6.45, 7) is 7.46. The quantitative estimate of drug-likeness (QED) is 0.853. The minimum Gasteiger partial charge on any atom is -0.478 e. The van der Waals surface area contributed by atoms with Gasteiger partial charge in [-0.1, -0.05) is 25.5 Å². The second-order valence-corrected chi connectivity index (χ2v) is 4.66. The third kappa shape index (κ3) is 3.22. The summed E-state index contributed by atoms with van der Waals surface area (Å²) in [6, 6.07) is 5.81. The smallest absolute Gasteiger partial charge is 0.347 e. The number of aryl methyl sites for hydroxylation is 2. The predicted octanol–water partition coefficient (Wildman–Crippen LogP) is 3.33. The zero-order valence-corrected chi connectivity index (χ0v) is 10.9. The van der Waals surface area contributed by atoms with Crippen LogP contribution in [0.15, 0.2) is 18.2 Å². The van der Waals surface area contributed by atoms with E-state index >= 15 is 0 Å². The summed E-state index contributed by atoms with van der Waals surface area (Å²) in [5.74, 6) is -0.261. The Bertz CT molecular complexity index is 412. The molecule has 0 spiro atoms. The average molecular weight is 236 g/mol. The fourth-order valence-corrected chi connectivity index (χ4v) is 1.74. The number of aliphatic carboxylic acids is 1. The molecular formula is C14H20O3. The number of benzene rings is 1. The Morgan fingerprint density at radius 1 is 1.41 bits per heavy atom. The van der Waals surface area contributed by atoms with Crippen LogP contribution in [0.2, 0.25) is 0 Å². The van der Waals surface area contributed by atoms with Crippen LogP contribution in [0.1, 0.15) is 37.8 Å².